The van der Waals surface area contributed by atoms with Crippen LogP contribution in [0.3, 0.4) is 0 Å². The Morgan fingerprint density at radius 1 is 0.893 bits per heavy atom. The van der Waals surface area contributed by atoms with Crippen LogP contribution >= 0.6 is 0 Å². The molecule has 148 valence electrons. The third-order valence-corrected chi connectivity index (χ3v) is 5.51. The fourth-order valence-corrected chi connectivity index (χ4v) is 3.89. The molecule has 1 saturated heterocycles. The summed E-state index contributed by atoms with van der Waals surface area (Å²) in [6.07, 6.45) is 10.6. The molecule has 0 unspecified atom stereocenters. The molecule has 0 bridgehead atoms. The van der Waals surface area contributed by atoms with Gasteiger partial charge in [-0.3, -0.25) is 4.79 Å². The molecule has 3 heterocycles. The molecule has 0 radical (unpaired) electrons. The molecule has 1 amide bonds. The van der Waals surface area contributed by atoms with E-state index in [-0.39, 0.29) is 11.9 Å². The van der Waals surface area contributed by atoms with Gasteiger partial charge in [0.2, 0.25) is 5.95 Å². The van der Waals surface area contributed by atoms with E-state index >= 15 is 0 Å². The van der Waals surface area contributed by atoms with E-state index in [4.69, 9.17) is 0 Å². The molecule has 8 nitrogen and oxygen atoms in total. The Labute approximate surface area is 165 Å². The van der Waals surface area contributed by atoms with Crippen LogP contribution in [-0.4, -0.2) is 58.3 Å². The van der Waals surface area contributed by atoms with Crippen molar-refractivity contribution in [1.82, 2.24) is 25.5 Å². The number of carbonyl (C=O) groups is 1. The van der Waals surface area contributed by atoms with Gasteiger partial charge >= 0.3 is 0 Å². The van der Waals surface area contributed by atoms with E-state index in [1.165, 1.54) is 25.7 Å². The molecular formula is C20H27N7O. The molecule has 1 aliphatic heterocycles. The van der Waals surface area contributed by atoms with Crippen molar-refractivity contribution < 1.29 is 4.79 Å². The van der Waals surface area contributed by atoms with E-state index in [9.17, 15) is 4.79 Å². The molecule has 1 N–H and O–H groups in total. The van der Waals surface area contributed by atoms with Gasteiger partial charge in [-0.25, -0.2) is 9.97 Å². The summed E-state index contributed by atoms with van der Waals surface area (Å²) < 4.78 is 0. The number of carbonyl (C=O) groups excluding carboxylic acids is 1. The maximum absolute atomic E-state index is 12.5. The Morgan fingerprint density at radius 2 is 1.57 bits per heavy atom. The molecule has 4 rings (SSSR count). The van der Waals surface area contributed by atoms with Crippen LogP contribution in [0.4, 0.5) is 11.8 Å². The van der Waals surface area contributed by atoms with E-state index in [0.29, 0.717) is 5.69 Å². The van der Waals surface area contributed by atoms with Crippen LogP contribution in [0, 0.1) is 0 Å². The van der Waals surface area contributed by atoms with E-state index in [2.05, 4.69) is 35.3 Å². The number of aromatic nitrogens is 4. The summed E-state index contributed by atoms with van der Waals surface area (Å²) in [6, 6.07) is 5.76. The molecule has 2 aliphatic rings. The van der Waals surface area contributed by atoms with E-state index in [1.807, 2.05) is 12.1 Å². The Kier molecular flexibility index (Phi) is 5.94. The first kappa shape index (κ1) is 18.6. The third-order valence-electron chi connectivity index (χ3n) is 5.51. The van der Waals surface area contributed by atoms with Crippen LogP contribution in [0.5, 0.6) is 0 Å². The summed E-state index contributed by atoms with van der Waals surface area (Å²) in [7, 11) is 0. The standard InChI is InChI=1S/C20H27N7O/c28-19(23-16-6-3-1-2-4-7-16)17-8-9-18(25-24-17)26-12-14-27(15-13-26)20-21-10-5-11-22-20/h5,8-11,16H,1-4,6-7,12-15H2,(H,23,28). The topological polar surface area (TPSA) is 87.1 Å². The van der Waals surface area contributed by atoms with Crippen LogP contribution in [0.15, 0.2) is 30.6 Å². The largest absolute Gasteiger partial charge is 0.352 e. The highest BCUT2D eigenvalue weighted by molar-refractivity contribution is 5.92. The van der Waals surface area contributed by atoms with Crippen LogP contribution < -0.4 is 15.1 Å². The molecule has 0 atom stereocenters. The highest BCUT2D eigenvalue weighted by atomic mass is 16.2. The van der Waals surface area contributed by atoms with E-state index in [0.717, 1.165) is 50.8 Å². The van der Waals surface area contributed by atoms with Crippen molar-refractivity contribution in [3.8, 4) is 0 Å². The van der Waals surface area contributed by atoms with Gasteiger partial charge in [-0.05, 0) is 31.0 Å². The van der Waals surface area contributed by atoms with Crippen molar-refractivity contribution in [2.75, 3.05) is 36.0 Å². The minimum atomic E-state index is -0.114. The second kappa shape index (κ2) is 8.95. The summed E-state index contributed by atoms with van der Waals surface area (Å²) in [5.74, 6) is 1.45. The Bertz CT molecular complexity index is 752. The summed E-state index contributed by atoms with van der Waals surface area (Å²) in [6.45, 7) is 3.30. The lowest BCUT2D eigenvalue weighted by Gasteiger charge is -2.35. The first-order valence-electron chi connectivity index (χ1n) is 10.2. The maximum atomic E-state index is 12.5. The van der Waals surface area contributed by atoms with Gasteiger partial charge in [-0.2, -0.15) is 0 Å². The SMILES string of the molecule is O=C(NC1CCCCCC1)c1ccc(N2CCN(c3ncccn3)CC2)nn1. The van der Waals surface area contributed by atoms with Gasteiger partial charge in [0.25, 0.3) is 5.91 Å². The van der Waals surface area contributed by atoms with Crippen molar-refractivity contribution in [3.05, 3.63) is 36.3 Å². The first-order chi connectivity index (χ1) is 13.8. The summed E-state index contributed by atoms with van der Waals surface area (Å²) in [5, 5.41) is 11.6. The van der Waals surface area contributed by atoms with Crippen molar-refractivity contribution in [2.24, 2.45) is 0 Å². The fourth-order valence-electron chi connectivity index (χ4n) is 3.89. The van der Waals surface area contributed by atoms with Crippen molar-refractivity contribution in [3.63, 3.8) is 0 Å². The maximum Gasteiger partial charge on any atom is 0.272 e. The number of nitrogens with one attached hydrogen (secondary N) is 1. The molecule has 0 spiro atoms. The highest BCUT2D eigenvalue weighted by Gasteiger charge is 2.21. The van der Waals surface area contributed by atoms with Crippen molar-refractivity contribution in [1.29, 1.82) is 0 Å². The zero-order chi connectivity index (χ0) is 19.2. The van der Waals surface area contributed by atoms with Crippen LogP contribution in [-0.2, 0) is 0 Å². The Hall–Kier alpha value is -2.77. The predicted molar refractivity (Wildman–Crippen MR) is 107 cm³/mol. The first-order valence-corrected chi connectivity index (χ1v) is 10.2. The van der Waals surface area contributed by atoms with Gasteiger partial charge in [-0.15, -0.1) is 10.2 Å². The number of piperazine rings is 1. The number of nitrogens with zero attached hydrogens (tertiary/aromatic N) is 6. The smallest absolute Gasteiger partial charge is 0.272 e. The lowest BCUT2D eigenvalue weighted by Crippen LogP contribution is -2.47. The average Bonchev–Trinajstić information content (AvgIpc) is 3.03. The number of hydrogen-bond donors (Lipinski definition) is 1. The molecule has 28 heavy (non-hydrogen) atoms. The van der Waals surface area contributed by atoms with Gasteiger partial charge < -0.3 is 15.1 Å². The minimum absolute atomic E-state index is 0.114. The van der Waals surface area contributed by atoms with E-state index in [1.54, 1.807) is 18.5 Å². The molecule has 2 aromatic heterocycles. The minimum Gasteiger partial charge on any atom is -0.352 e. The molecule has 1 saturated carbocycles. The molecule has 2 fully saturated rings. The van der Waals surface area contributed by atoms with Crippen molar-refractivity contribution >= 4 is 17.7 Å². The summed E-state index contributed by atoms with van der Waals surface area (Å²) >= 11 is 0. The van der Waals surface area contributed by atoms with Crippen LogP contribution in [0.2, 0.25) is 0 Å². The van der Waals surface area contributed by atoms with Crippen LogP contribution in [0.25, 0.3) is 0 Å². The van der Waals surface area contributed by atoms with Crippen molar-refractivity contribution in [2.45, 2.75) is 44.6 Å². The monoisotopic (exact) mass is 381 g/mol. The van der Waals surface area contributed by atoms with Crippen LogP contribution in [0.1, 0.15) is 49.0 Å². The summed E-state index contributed by atoms with van der Waals surface area (Å²) in [5.41, 5.74) is 0.393. The molecule has 0 aromatic carbocycles. The van der Waals surface area contributed by atoms with Gasteiger partial charge in [0.15, 0.2) is 11.5 Å². The fraction of sp³-hybridized carbons (Fsp3) is 0.550. The van der Waals surface area contributed by atoms with E-state index < -0.39 is 0 Å². The lowest BCUT2D eigenvalue weighted by atomic mass is 10.1. The summed E-state index contributed by atoms with van der Waals surface area (Å²) in [4.78, 5) is 25.4. The number of amides is 1. The molecular weight excluding hydrogens is 354 g/mol. The predicted octanol–water partition coefficient (Wildman–Crippen LogP) is 2.05. The lowest BCUT2D eigenvalue weighted by molar-refractivity contribution is 0.0927. The third kappa shape index (κ3) is 4.55. The zero-order valence-corrected chi connectivity index (χ0v) is 16.1. The normalized spacial score (nSPS) is 18.6. The van der Waals surface area contributed by atoms with Gasteiger partial charge in [0.1, 0.15) is 0 Å². The quantitative estimate of drug-likeness (QED) is 0.811. The average molecular weight is 381 g/mol. The number of rotatable bonds is 4. The Morgan fingerprint density at radius 3 is 2.21 bits per heavy atom. The number of hydrogen-bond acceptors (Lipinski definition) is 7. The highest BCUT2D eigenvalue weighted by Crippen LogP contribution is 2.18. The Balaban J connectivity index is 1.31. The zero-order valence-electron chi connectivity index (χ0n) is 16.1. The van der Waals surface area contributed by atoms with Gasteiger partial charge in [-0.1, -0.05) is 25.7 Å². The molecule has 2 aromatic rings. The molecule has 1 aliphatic carbocycles. The molecule has 8 heteroatoms. The van der Waals surface area contributed by atoms with Gasteiger partial charge in [0.05, 0.1) is 0 Å². The second-order valence-corrected chi connectivity index (χ2v) is 7.46. The second-order valence-electron chi connectivity index (χ2n) is 7.46. The number of anilines is 2. The van der Waals surface area contributed by atoms with Gasteiger partial charge in [0, 0.05) is 44.6 Å².